The second-order valence-electron chi connectivity index (χ2n) is 3.64. The monoisotopic (exact) mass is 203 g/mol. The summed E-state index contributed by atoms with van der Waals surface area (Å²) in [5.74, 6) is -1.17. The molecule has 2 N–H and O–H groups in total. The molecule has 2 atom stereocenters. The van der Waals surface area contributed by atoms with Crippen LogP contribution in [-0.4, -0.2) is 33.0 Å². The number of amides is 1. The van der Waals surface area contributed by atoms with Gasteiger partial charge in [0.05, 0.1) is 5.25 Å². The second kappa shape index (κ2) is 3.21. The third-order valence-electron chi connectivity index (χ3n) is 2.08. The first-order valence-corrected chi connectivity index (χ1v) is 4.93. The summed E-state index contributed by atoms with van der Waals surface area (Å²) >= 11 is 1.40. The van der Waals surface area contributed by atoms with E-state index in [0.717, 1.165) is 0 Å². The SMILES string of the molecule is CC1SC(C)(C)C(C(=O)O)NC1=O. The Hall–Kier alpha value is -0.710. The maximum absolute atomic E-state index is 11.2. The molecule has 1 fully saturated rings. The highest BCUT2D eigenvalue weighted by Crippen LogP contribution is 2.35. The Labute approximate surface area is 81.1 Å². The second-order valence-corrected chi connectivity index (χ2v) is 5.64. The Balaban J connectivity index is 2.85. The third-order valence-corrected chi connectivity index (χ3v) is 3.49. The first-order valence-electron chi connectivity index (χ1n) is 4.05. The standard InChI is InChI=1S/C8H13NO3S/c1-4-6(10)9-5(7(11)12)8(2,3)13-4/h4-5H,1-3H3,(H,9,10)(H,11,12). The van der Waals surface area contributed by atoms with Gasteiger partial charge in [-0.1, -0.05) is 0 Å². The van der Waals surface area contributed by atoms with Crippen LogP contribution in [0.4, 0.5) is 0 Å². The molecule has 1 saturated heterocycles. The normalized spacial score (nSPS) is 32.4. The number of carboxylic acid groups (broad SMARTS) is 1. The van der Waals surface area contributed by atoms with E-state index in [1.165, 1.54) is 11.8 Å². The van der Waals surface area contributed by atoms with E-state index in [1.807, 2.05) is 13.8 Å². The Morgan fingerprint density at radius 2 is 2.15 bits per heavy atom. The number of nitrogens with one attached hydrogen (secondary N) is 1. The van der Waals surface area contributed by atoms with E-state index >= 15 is 0 Å². The summed E-state index contributed by atoms with van der Waals surface area (Å²) in [7, 11) is 0. The number of hydrogen-bond donors (Lipinski definition) is 2. The van der Waals surface area contributed by atoms with Crippen LogP contribution in [0.3, 0.4) is 0 Å². The lowest BCUT2D eigenvalue weighted by atomic mass is 10.0. The van der Waals surface area contributed by atoms with Crippen molar-refractivity contribution in [3.8, 4) is 0 Å². The number of carboxylic acids is 1. The summed E-state index contributed by atoms with van der Waals surface area (Å²) < 4.78 is -0.445. The van der Waals surface area contributed by atoms with Gasteiger partial charge in [-0.2, -0.15) is 0 Å². The predicted octanol–water partition coefficient (Wildman–Crippen LogP) is 0.470. The van der Waals surface area contributed by atoms with Crippen molar-refractivity contribution in [1.29, 1.82) is 0 Å². The number of aliphatic carboxylic acids is 1. The summed E-state index contributed by atoms with van der Waals surface area (Å²) in [6, 6.07) is -0.791. The van der Waals surface area contributed by atoms with Crippen LogP contribution in [0.2, 0.25) is 0 Å². The van der Waals surface area contributed by atoms with Gasteiger partial charge in [0.15, 0.2) is 0 Å². The van der Waals surface area contributed by atoms with Crippen molar-refractivity contribution in [2.45, 2.75) is 36.8 Å². The van der Waals surface area contributed by atoms with Crippen molar-refractivity contribution in [3.63, 3.8) is 0 Å². The highest BCUT2D eigenvalue weighted by atomic mass is 32.2. The highest BCUT2D eigenvalue weighted by molar-refractivity contribution is 8.02. The third kappa shape index (κ3) is 1.96. The Morgan fingerprint density at radius 3 is 2.62 bits per heavy atom. The average molecular weight is 203 g/mol. The molecule has 1 aliphatic rings. The molecular weight excluding hydrogens is 190 g/mol. The van der Waals surface area contributed by atoms with E-state index in [-0.39, 0.29) is 11.2 Å². The molecule has 1 aliphatic heterocycles. The maximum Gasteiger partial charge on any atom is 0.327 e. The molecule has 74 valence electrons. The predicted molar refractivity (Wildman–Crippen MR) is 50.7 cm³/mol. The van der Waals surface area contributed by atoms with Crippen molar-refractivity contribution < 1.29 is 14.7 Å². The molecule has 0 aromatic heterocycles. The number of thioether (sulfide) groups is 1. The number of carbonyl (C=O) groups is 2. The van der Waals surface area contributed by atoms with Crippen molar-refractivity contribution in [1.82, 2.24) is 5.32 Å². The van der Waals surface area contributed by atoms with Crippen LogP contribution in [0, 0.1) is 0 Å². The minimum absolute atomic E-state index is 0.175. The highest BCUT2D eigenvalue weighted by Gasteiger charge is 2.43. The molecule has 13 heavy (non-hydrogen) atoms. The maximum atomic E-state index is 11.2. The van der Waals surface area contributed by atoms with Crippen LogP contribution in [-0.2, 0) is 9.59 Å². The van der Waals surface area contributed by atoms with Crippen molar-refractivity contribution in [2.75, 3.05) is 0 Å². The molecule has 0 aromatic carbocycles. The fourth-order valence-electron chi connectivity index (χ4n) is 1.37. The molecule has 2 unspecified atom stereocenters. The average Bonchev–Trinajstić information content (AvgIpc) is 1.95. The van der Waals surface area contributed by atoms with Crippen LogP contribution in [0.15, 0.2) is 0 Å². The summed E-state index contributed by atoms with van der Waals surface area (Å²) in [4.78, 5) is 22.0. The number of hydrogen-bond acceptors (Lipinski definition) is 3. The molecule has 0 bridgehead atoms. The molecule has 0 aromatic rings. The fraction of sp³-hybridized carbons (Fsp3) is 0.750. The topological polar surface area (TPSA) is 66.4 Å². The van der Waals surface area contributed by atoms with Gasteiger partial charge >= 0.3 is 5.97 Å². The van der Waals surface area contributed by atoms with E-state index in [1.54, 1.807) is 6.92 Å². The molecule has 5 heteroatoms. The van der Waals surface area contributed by atoms with E-state index in [4.69, 9.17) is 5.11 Å². The lowest BCUT2D eigenvalue weighted by Crippen LogP contribution is -2.59. The molecule has 0 spiro atoms. The zero-order chi connectivity index (χ0) is 10.2. The van der Waals surface area contributed by atoms with Crippen LogP contribution in [0.5, 0.6) is 0 Å². The van der Waals surface area contributed by atoms with Crippen molar-refractivity contribution >= 4 is 23.6 Å². The lowest BCUT2D eigenvalue weighted by Gasteiger charge is -2.38. The van der Waals surface area contributed by atoms with E-state index in [9.17, 15) is 9.59 Å². The molecule has 1 rings (SSSR count). The summed E-state index contributed by atoms with van der Waals surface area (Å²) in [6.07, 6.45) is 0. The Bertz CT molecular complexity index is 252. The molecule has 0 saturated carbocycles. The van der Waals surface area contributed by atoms with Gasteiger partial charge in [-0.15, -0.1) is 11.8 Å². The van der Waals surface area contributed by atoms with Crippen molar-refractivity contribution in [3.05, 3.63) is 0 Å². The molecule has 0 radical (unpaired) electrons. The Kier molecular flexibility index (Phi) is 2.56. The van der Waals surface area contributed by atoms with Gasteiger partial charge in [-0.3, -0.25) is 4.79 Å². The largest absolute Gasteiger partial charge is 0.480 e. The minimum Gasteiger partial charge on any atom is -0.480 e. The van der Waals surface area contributed by atoms with Gasteiger partial charge in [0.1, 0.15) is 6.04 Å². The van der Waals surface area contributed by atoms with Crippen LogP contribution in [0.1, 0.15) is 20.8 Å². The van der Waals surface area contributed by atoms with E-state index in [2.05, 4.69) is 5.32 Å². The van der Waals surface area contributed by atoms with Crippen molar-refractivity contribution in [2.24, 2.45) is 0 Å². The zero-order valence-corrected chi connectivity index (χ0v) is 8.64. The van der Waals surface area contributed by atoms with Gasteiger partial charge in [0.25, 0.3) is 0 Å². The number of rotatable bonds is 1. The van der Waals surface area contributed by atoms with Gasteiger partial charge in [-0.25, -0.2) is 4.79 Å². The molecule has 0 aliphatic carbocycles. The smallest absolute Gasteiger partial charge is 0.327 e. The van der Waals surface area contributed by atoms with Crippen LogP contribution < -0.4 is 5.32 Å². The molecule has 1 heterocycles. The van der Waals surface area contributed by atoms with Gasteiger partial charge in [-0.05, 0) is 20.8 Å². The quantitative estimate of drug-likeness (QED) is 0.650. The molecular formula is C8H13NO3S. The van der Waals surface area contributed by atoms with E-state index in [0.29, 0.717) is 0 Å². The lowest BCUT2D eigenvalue weighted by molar-refractivity contribution is -0.142. The molecule has 4 nitrogen and oxygen atoms in total. The van der Waals surface area contributed by atoms with Crippen LogP contribution >= 0.6 is 11.8 Å². The van der Waals surface area contributed by atoms with Gasteiger partial charge in [0, 0.05) is 4.75 Å². The zero-order valence-electron chi connectivity index (χ0n) is 7.83. The van der Waals surface area contributed by atoms with E-state index < -0.39 is 16.8 Å². The first kappa shape index (κ1) is 10.4. The Morgan fingerprint density at radius 1 is 1.62 bits per heavy atom. The summed E-state index contributed by atoms with van der Waals surface area (Å²) in [5.41, 5.74) is 0. The summed E-state index contributed by atoms with van der Waals surface area (Å²) in [5, 5.41) is 11.2. The number of carbonyl (C=O) groups excluding carboxylic acids is 1. The first-order chi connectivity index (χ1) is 5.84. The molecule has 1 amide bonds. The van der Waals surface area contributed by atoms with Gasteiger partial charge in [0.2, 0.25) is 5.91 Å². The fourth-order valence-corrected chi connectivity index (χ4v) is 2.75. The minimum atomic E-state index is -0.974. The van der Waals surface area contributed by atoms with Crippen LogP contribution in [0.25, 0.3) is 0 Å². The van der Waals surface area contributed by atoms with Gasteiger partial charge < -0.3 is 10.4 Å². The summed E-state index contributed by atoms with van der Waals surface area (Å²) in [6.45, 7) is 5.43.